The van der Waals surface area contributed by atoms with Crippen LogP contribution in [0, 0.1) is 0 Å². The van der Waals surface area contributed by atoms with Gasteiger partial charge in [-0.3, -0.25) is 4.79 Å². The molecule has 4 nitrogen and oxygen atoms in total. The first kappa shape index (κ1) is 8.58. The highest BCUT2D eigenvalue weighted by atomic mass is 79.9. The van der Waals surface area contributed by atoms with E-state index >= 15 is 0 Å². The molecule has 0 saturated carbocycles. The molecule has 1 aliphatic rings. The highest BCUT2D eigenvalue weighted by molar-refractivity contribution is 9.07. The summed E-state index contributed by atoms with van der Waals surface area (Å²) < 4.78 is 1.25. The van der Waals surface area contributed by atoms with Crippen LogP contribution in [0.25, 0.3) is 0 Å². The highest BCUT2D eigenvalue weighted by Gasteiger charge is 2.48. The first-order valence-corrected chi connectivity index (χ1v) is 3.88. The van der Waals surface area contributed by atoms with E-state index in [9.17, 15) is 9.59 Å². The van der Waals surface area contributed by atoms with Crippen LogP contribution in [0.3, 0.4) is 0 Å². The molecule has 1 heterocycles. The Morgan fingerprint density at radius 2 is 1.91 bits per heavy atom. The van der Waals surface area contributed by atoms with Crippen molar-refractivity contribution >= 4 is 36.1 Å². The van der Waals surface area contributed by atoms with Crippen molar-refractivity contribution in [3.05, 3.63) is 0 Å². The van der Waals surface area contributed by atoms with E-state index in [1.807, 2.05) is 0 Å². The van der Waals surface area contributed by atoms with Crippen LogP contribution in [-0.2, 0) is 4.79 Å². The van der Waals surface area contributed by atoms with Crippen molar-refractivity contribution in [3.8, 4) is 0 Å². The molecule has 0 aliphatic carbocycles. The smallest absolute Gasteiger partial charge is 0.316 e. The Kier molecular flexibility index (Phi) is 1.74. The Morgan fingerprint density at radius 1 is 1.45 bits per heavy atom. The lowest BCUT2D eigenvalue weighted by Gasteiger charge is -2.20. The summed E-state index contributed by atoms with van der Waals surface area (Å²) in [5, 5.41) is 0. The molecule has 0 spiro atoms. The molecular formula is C5H8BBrN2O2. The van der Waals surface area contributed by atoms with Gasteiger partial charge in [0.15, 0.2) is 0 Å². The van der Waals surface area contributed by atoms with Crippen LogP contribution in [-0.4, -0.2) is 34.2 Å². The number of urea groups is 1. The Labute approximate surface area is 74.3 Å². The number of carbonyl (C=O) groups excluding carboxylic acids is 2. The fourth-order valence-electron chi connectivity index (χ4n) is 0.952. The molecule has 0 radical (unpaired) electrons. The van der Waals surface area contributed by atoms with Gasteiger partial charge in [-0.25, -0.2) is 8.72 Å². The molecule has 1 fully saturated rings. The van der Waals surface area contributed by atoms with E-state index in [-0.39, 0.29) is 11.9 Å². The lowest BCUT2D eigenvalue weighted by Crippen LogP contribution is -2.38. The van der Waals surface area contributed by atoms with Crippen LogP contribution >= 0.6 is 16.1 Å². The Bertz CT molecular complexity index is 231. The van der Waals surface area contributed by atoms with E-state index in [2.05, 4.69) is 16.1 Å². The second-order valence-electron chi connectivity index (χ2n) is 2.99. The maximum absolute atomic E-state index is 11.3. The lowest BCUT2D eigenvalue weighted by molar-refractivity contribution is -0.127. The Hall–Kier alpha value is -0.515. The van der Waals surface area contributed by atoms with Crippen molar-refractivity contribution < 1.29 is 9.59 Å². The molecule has 0 N–H and O–H groups in total. The molecule has 1 saturated heterocycles. The Morgan fingerprint density at radius 3 is 2.00 bits per heavy atom. The highest BCUT2D eigenvalue weighted by Crippen LogP contribution is 2.28. The van der Waals surface area contributed by atoms with Gasteiger partial charge in [-0.1, -0.05) is 0 Å². The predicted octanol–water partition coefficient (Wildman–Crippen LogP) is -0.113. The monoisotopic (exact) mass is 218 g/mol. The molecule has 60 valence electrons. The molecule has 0 aromatic carbocycles. The van der Waals surface area contributed by atoms with E-state index in [0.29, 0.717) is 0 Å². The molecule has 0 atom stereocenters. The number of amides is 3. The SMILES string of the molecule is BN1C(=O)N(Br)C(C)(C)C1=O. The summed E-state index contributed by atoms with van der Waals surface area (Å²) in [5.74, 6) is -0.195. The second-order valence-corrected chi connectivity index (χ2v) is 3.70. The summed E-state index contributed by atoms with van der Waals surface area (Å²) in [6.45, 7) is 3.37. The molecule has 3 amide bonds. The van der Waals surface area contributed by atoms with E-state index in [1.165, 1.54) is 11.9 Å². The van der Waals surface area contributed by atoms with Gasteiger partial charge in [-0.05, 0) is 13.8 Å². The van der Waals surface area contributed by atoms with Gasteiger partial charge in [0, 0.05) is 0 Å². The molecule has 0 aromatic rings. The summed E-state index contributed by atoms with van der Waals surface area (Å²) >= 11 is 3.03. The zero-order valence-corrected chi connectivity index (χ0v) is 8.17. The minimum atomic E-state index is -0.758. The third kappa shape index (κ3) is 0.963. The van der Waals surface area contributed by atoms with Gasteiger partial charge in [0.2, 0.25) is 13.9 Å². The number of imide groups is 1. The van der Waals surface area contributed by atoms with Crippen LogP contribution in [0.5, 0.6) is 0 Å². The fraction of sp³-hybridized carbons (Fsp3) is 0.600. The zero-order chi connectivity index (χ0) is 8.81. The summed E-state index contributed by atoms with van der Waals surface area (Å²) in [6.07, 6.45) is 0. The number of halogens is 1. The normalized spacial score (nSPS) is 23.2. The van der Waals surface area contributed by atoms with E-state index in [1.54, 1.807) is 13.8 Å². The summed E-state index contributed by atoms with van der Waals surface area (Å²) in [7, 11) is 1.47. The predicted molar refractivity (Wildman–Crippen MR) is 45.6 cm³/mol. The average Bonchev–Trinajstić information content (AvgIpc) is 2.06. The molecule has 0 bridgehead atoms. The van der Waals surface area contributed by atoms with Gasteiger partial charge in [0.1, 0.15) is 5.54 Å². The summed E-state index contributed by atoms with van der Waals surface area (Å²) in [5.41, 5.74) is -0.758. The largest absolute Gasteiger partial charge is 0.324 e. The summed E-state index contributed by atoms with van der Waals surface area (Å²) in [4.78, 5) is 23.5. The molecule has 6 heteroatoms. The molecule has 0 aromatic heterocycles. The Balaban J connectivity index is 3.06. The first-order valence-electron chi connectivity index (χ1n) is 3.17. The molecule has 0 unspecified atom stereocenters. The number of hydrogen-bond acceptors (Lipinski definition) is 2. The molecule has 1 aliphatic heterocycles. The van der Waals surface area contributed by atoms with Gasteiger partial charge < -0.3 is 4.81 Å². The minimum absolute atomic E-state index is 0.195. The number of carbonyl (C=O) groups is 2. The van der Waals surface area contributed by atoms with Crippen molar-refractivity contribution in [1.82, 2.24) is 8.74 Å². The number of rotatable bonds is 0. The van der Waals surface area contributed by atoms with E-state index < -0.39 is 5.54 Å². The van der Waals surface area contributed by atoms with E-state index in [0.717, 1.165) is 4.81 Å². The topological polar surface area (TPSA) is 40.6 Å². The van der Waals surface area contributed by atoms with Crippen LogP contribution < -0.4 is 0 Å². The van der Waals surface area contributed by atoms with Gasteiger partial charge >= 0.3 is 6.03 Å². The summed E-state index contributed by atoms with van der Waals surface area (Å²) in [6, 6.07) is -0.319. The van der Waals surface area contributed by atoms with Crippen LogP contribution in [0.2, 0.25) is 0 Å². The van der Waals surface area contributed by atoms with Crippen molar-refractivity contribution in [2.75, 3.05) is 0 Å². The first-order chi connectivity index (χ1) is 4.89. The van der Waals surface area contributed by atoms with E-state index in [4.69, 9.17) is 0 Å². The number of hydrogen-bond donors (Lipinski definition) is 0. The van der Waals surface area contributed by atoms with Crippen LogP contribution in [0.15, 0.2) is 0 Å². The molecular weight excluding hydrogens is 211 g/mol. The van der Waals surface area contributed by atoms with Crippen molar-refractivity contribution in [2.45, 2.75) is 19.4 Å². The van der Waals surface area contributed by atoms with Crippen molar-refractivity contribution in [1.29, 1.82) is 0 Å². The molecule has 1 rings (SSSR count). The fourth-order valence-corrected chi connectivity index (χ4v) is 1.34. The standard InChI is InChI=1S/C5H8BBrN2O2/c1-5(2)3(10)8(6)4(11)9(5)7/h6H2,1-2H3. The molecule has 11 heavy (non-hydrogen) atoms. The van der Waals surface area contributed by atoms with Crippen molar-refractivity contribution in [3.63, 3.8) is 0 Å². The third-order valence-electron chi connectivity index (χ3n) is 1.77. The maximum Gasteiger partial charge on any atom is 0.324 e. The zero-order valence-electron chi connectivity index (χ0n) is 6.59. The average molecular weight is 219 g/mol. The lowest BCUT2D eigenvalue weighted by atomic mass is 10.1. The quantitative estimate of drug-likeness (QED) is 0.324. The third-order valence-corrected chi connectivity index (χ3v) is 2.96. The van der Waals surface area contributed by atoms with Gasteiger partial charge in [-0.15, -0.1) is 0 Å². The van der Waals surface area contributed by atoms with Crippen LogP contribution in [0.4, 0.5) is 4.79 Å². The second kappa shape index (κ2) is 2.23. The van der Waals surface area contributed by atoms with Crippen molar-refractivity contribution in [2.24, 2.45) is 0 Å². The maximum atomic E-state index is 11.3. The van der Waals surface area contributed by atoms with Crippen LogP contribution in [0.1, 0.15) is 13.8 Å². The van der Waals surface area contributed by atoms with Gasteiger partial charge in [0.05, 0.1) is 16.1 Å². The van der Waals surface area contributed by atoms with Gasteiger partial charge in [-0.2, -0.15) is 0 Å². The number of nitrogens with zero attached hydrogens (tertiary/aromatic N) is 2. The van der Waals surface area contributed by atoms with Gasteiger partial charge in [0.25, 0.3) is 0 Å². The minimum Gasteiger partial charge on any atom is -0.316 e.